The SMILES string of the molecule is Cc1oc(=O)oc1C(C)I. The summed E-state index contributed by atoms with van der Waals surface area (Å²) >= 11 is 2.15. The van der Waals surface area contributed by atoms with Gasteiger partial charge in [0.1, 0.15) is 5.76 Å². The van der Waals surface area contributed by atoms with Crippen LogP contribution in [0.1, 0.15) is 22.4 Å². The molecule has 0 aliphatic heterocycles. The molecule has 0 radical (unpaired) electrons. The Kier molecular flexibility index (Phi) is 2.18. The van der Waals surface area contributed by atoms with Gasteiger partial charge in [-0.3, -0.25) is 0 Å². The molecule has 1 aromatic heterocycles. The Morgan fingerprint density at radius 3 is 2.30 bits per heavy atom. The van der Waals surface area contributed by atoms with Crippen LogP contribution in [0.25, 0.3) is 0 Å². The van der Waals surface area contributed by atoms with Crippen molar-refractivity contribution in [2.75, 3.05) is 0 Å². The Hall–Kier alpha value is -0.260. The maximum atomic E-state index is 10.5. The van der Waals surface area contributed by atoms with Gasteiger partial charge in [-0.2, -0.15) is 0 Å². The third-order valence-electron chi connectivity index (χ3n) is 1.14. The summed E-state index contributed by atoms with van der Waals surface area (Å²) in [5, 5.41) is 0. The van der Waals surface area contributed by atoms with Crippen molar-refractivity contribution >= 4 is 22.6 Å². The first kappa shape index (κ1) is 7.84. The molecule has 56 valence electrons. The summed E-state index contributed by atoms with van der Waals surface area (Å²) in [6, 6.07) is 0. The second-order valence-corrected chi connectivity index (χ2v) is 3.86. The Labute approximate surface area is 71.5 Å². The van der Waals surface area contributed by atoms with E-state index in [9.17, 15) is 4.79 Å². The van der Waals surface area contributed by atoms with Crippen LogP contribution >= 0.6 is 22.6 Å². The molecule has 3 nitrogen and oxygen atoms in total. The average Bonchev–Trinajstić information content (AvgIpc) is 2.10. The van der Waals surface area contributed by atoms with Gasteiger partial charge in [-0.25, -0.2) is 4.79 Å². The summed E-state index contributed by atoms with van der Waals surface area (Å²) in [5.74, 6) is 0.591. The third kappa shape index (κ3) is 1.42. The fraction of sp³-hybridized carbons (Fsp3) is 0.500. The van der Waals surface area contributed by atoms with Crippen LogP contribution in [-0.2, 0) is 0 Å². The molecule has 1 heterocycles. The zero-order valence-electron chi connectivity index (χ0n) is 5.68. The van der Waals surface area contributed by atoms with Gasteiger partial charge in [-0.1, -0.05) is 22.6 Å². The van der Waals surface area contributed by atoms with Gasteiger partial charge in [0.25, 0.3) is 0 Å². The van der Waals surface area contributed by atoms with Crippen molar-refractivity contribution in [2.45, 2.75) is 17.8 Å². The number of rotatable bonds is 1. The first-order valence-corrected chi connectivity index (χ1v) is 4.10. The summed E-state index contributed by atoms with van der Waals surface area (Å²) in [5.41, 5.74) is 0. The maximum absolute atomic E-state index is 10.5. The van der Waals surface area contributed by atoms with Crippen molar-refractivity contribution in [2.24, 2.45) is 0 Å². The number of aryl methyl sites for hydroxylation is 1. The van der Waals surface area contributed by atoms with Crippen LogP contribution < -0.4 is 5.82 Å². The molecule has 0 saturated carbocycles. The zero-order valence-corrected chi connectivity index (χ0v) is 7.84. The van der Waals surface area contributed by atoms with Crippen molar-refractivity contribution < 1.29 is 8.83 Å². The highest BCUT2D eigenvalue weighted by Crippen LogP contribution is 2.23. The number of halogens is 1. The molecule has 0 spiro atoms. The molecule has 0 bridgehead atoms. The van der Waals surface area contributed by atoms with E-state index in [2.05, 4.69) is 27.0 Å². The van der Waals surface area contributed by atoms with Gasteiger partial charge in [0.2, 0.25) is 0 Å². The van der Waals surface area contributed by atoms with Crippen molar-refractivity contribution in [1.29, 1.82) is 0 Å². The average molecular weight is 254 g/mol. The van der Waals surface area contributed by atoms with E-state index in [1.54, 1.807) is 6.92 Å². The van der Waals surface area contributed by atoms with Gasteiger partial charge in [-0.15, -0.1) is 0 Å². The lowest BCUT2D eigenvalue weighted by Gasteiger charge is -1.93. The molecule has 0 N–H and O–H groups in total. The van der Waals surface area contributed by atoms with Gasteiger partial charge in [0.15, 0.2) is 5.76 Å². The topological polar surface area (TPSA) is 43.4 Å². The minimum Gasteiger partial charge on any atom is -0.396 e. The molecule has 0 amide bonds. The predicted molar refractivity (Wildman–Crippen MR) is 44.4 cm³/mol. The molecule has 1 unspecified atom stereocenters. The lowest BCUT2D eigenvalue weighted by Crippen LogP contribution is -1.86. The fourth-order valence-electron chi connectivity index (χ4n) is 0.719. The molecule has 0 aromatic carbocycles. The Morgan fingerprint density at radius 2 is 2.10 bits per heavy atom. The van der Waals surface area contributed by atoms with Crippen molar-refractivity contribution in [3.8, 4) is 0 Å². The Morgan fingerprint density at radius 1 is 1.50 bits per heavy atom. The standard InChI is InChI=1S/C6H7IO3/c1-3(7)5-4(2)9-6(8)10-5/h3H,1-2H3. The van der Waals surface area contributed by atoms with E-state index in [1.807, 2.05) is 6.92 Å². The first-order valence-electron chi connectivity index (χ1n) is 2.85. The largest absolute Gasteiger partial charge is 0.519 e. The predicted octanol–water partition coefficient (Wildman–Crippen LogP) is 2.04. The highest BCUT2D eigenvalue weighted by molar-refractivity contribution is 14.1. The smallest absolute Gasteiger partial charge is 0.396 e. The molecule has 1 rings (SSSR count). The molecular weight excluding hydrogens is 247 g/mol. The highest BCUT2D eigenvalue weighted by atomic mass is 127. The molecule has 0 aliphatic carbocycles. The minimum atomic E-state index is -0.615. The molecular formula is C6H7IO3. The molecule has 4 heteroatoms. The summed E-state index contributed by atoms with van der Waals surface area (Å²) in [6.45, 7) is 3.65. The summed E-state index contributed by atoms with van der Waals surface area (Å²) in [7, 11) is 0. The van der Waals surface area contributed by atoms with Crippen LogP contribution in [0, 0.1) is 6.92 Å². The van der Waals surface area contributed by atoms with Gasteiger partial charge in [0, 0.05) is 0 Å². The Bertz CT molecular complexity index is 271. The molecule has 1 atom stereocenters. The first-order chi connectivity index (χ1) is 4.61. The number of hydrogen-bond acceptors (Lipinski definition) is 3. The van der Waals surface area contributed by atoms with Crippen molar-refractivity contribution in [3.63, 3.8) is 0 Å². The highest BCUT2D eigenvalue weighted by Gasteiger charge is 2.12. The molecule has 0 fully saturated rings. The minimum absolute atomic E-state index is 0.184. The van der Waals surface area contributed by atoms with E-state index >= 15 is 0 Å². The molecule has 0 aliphatic rings. The van der Waals surface area contributed by atoms with Gasteiger partial charge >= 0.3 is 5.82 Å². The summed E-state index contributed by atoms with van der Waals surface area (Å²) < 4.78 is 9.58. The van der Waals surface area contributed by atoms with Crippen LogP contribution in [-0.4, -0.2) is 0 Å². The molecule has 0 saturated heterocycles. The second kappa shape index (κ2) is 2.77. The van der Waals surface area contributed by atoms with E-state index in [0.29, 0.717) is 11.5 Å². The van der Waals surface area contributed by atoms with Crippen LogP contribution in [0.3, 0.4) is 0 Å². The maximum Gasteiger partial charge on any atom is 0.519 e. The van der Waals surface area contributed by atoms with E-state index < -0.39 is 5.82 Å². The quantitative estimate of drug-likeness (QED) is 0.569. The lowest BCUT2D eigenvalue weighted by molar-refractivity contribution is 0.370. The van der Waals surface area contributed by atoms with Crippen molar-refractivity contribution in [1.82, 2.24) is 0 Å². The number of alkyl halides is 1. The molecule has 1 aromatic rings. The van der Waals surface area contributed by atoms with E-state index in [0.717, 1.165) is 0 Å². The van der Waals surface area contributed by atoms with Crippen LogP contribution in [0.15, 0.2) is 13.6 Å². The fourth-order valence-corrected chi connectivity index (χ4v) is 1.28. The van der Waals surface area contributed by atoms with Crippen LogP contribution in [0.5, 0.6) is 0 Å². The van der Waals surface area contributed by atoms with Gasteiger partial charge < -0.3 is 8.83 Å². The third-order valence-corrected chi connectivity index (χ3v) is 1.70. The summed E-state index contributed by atoms with van der Waals surface area (Å²) in [6.07, 6.45) is 0. The summed E-state index contributed by atoms with van der Waals surface area (Å²) in [4.78, 5) is 10.5. The monoisotopic (exact) mass is 254 g/mol. The van der Waals surface area contributed by atoms with Crippen LogP contribution in [0.2, 0.25) is 0 Å². The number of hydrogen-bond donors (Lipinski definition) is 0. The van der Waals surface area contributed by atoms with E-state index in [4.69, 9.17) is 4.42 Å². The van der Waals surface area contributed by atoms with E-state index in [1.165, 1.54) is 0 Å². The lowest BCUT2D eigenvalue weighted by atomic mass is 10.3. The van der Waals surface area contributed by atoms with Crippen LogP contribution in [0.4, 0.5) is 0 Å². The van der Waals surface area contributed by atoms with Gasteiger partial charge in [-0.05, 0) is 13.8 Å². The van der Waals surface area contributed by atoms with E-state index in [-0.39, 0.29) is 3.92 Å². The second-order valence-electron chi connectivity index (χ2n) is 1.99. The normalized spacial score (nSPS) is 13.5. The molecule has 10 heavy (non-hydrogen) atoms. The van der Waals surface area contributed by atoms with Gasteiger partial charge in [0.05, 0.1) is 3.92 Å². The van der Waals surface area contributed by atoms with Crippen molar-refractivity contribution in [3.05, 3.63) is 22.1 Å². The zero-order chi connectivity index (χ0) is 7.72. The Balaban J connectivity index is 3.15.